The summed E-state index contributed by atoms with van der Waals surface area (Å²) in [7, 11) is 1.62. The number of benzene rings is 1. The van der Waals surface area contributed by atoms with Crippen LogP contribution in [0.4, 0.5) is 11.8 Å². The number of rotatable bonds is 12. The Morgan fingerprint density at radius 1 is 1.18 bits per heavy atom. The van der Waals surface area contributed by atoms with Crippen LogP contribution in [0.2, 0.25) is 0 Å². The fourth-order valence-electron chi connectivity index (χ4n) is 4.42. The summed E-state index contributed by atoms with van der Waals surface area (Å²) in [5.74, 6) is 0.820. The number of methoxy groups -OCH3 is 1. The van der Waals surface area contributed by atoms with Crippen LogP contribution in [0.15, 0.2) is 36.5 Å². The summed E-state index contributed by atoms with van der Waals surface area (Å²) in [5, 5.41) is 3.41. The van der Waals surface area contributed by atoms with Crippen LogP contribution in [0.3, 0.4) is 0 Å². The van der Waals surface area contributed by atoms with Crippen molar-refractivity contribution in [2.75, 3.05) is 57.6 Å². The van der Waals surface area contributed by atoms with E-state index in [1.54, 1.807) is 18.1 Å². The van der Waals surface area contributed by atoms with Crippen LogP contribution in [0.5, 0.6) is 5.75 Å². The second-order valence-electron chi connectivity index (χ2n) is 9.25. The minimum absolute atomic E-state index is 0.224. The third-order valence-corrected chi connectivity index (χ3v) is 6.46. The normalized spacial score (nSPS) is 13.6. The summed E-state index contributed by atoms with van der Waals surface area (Å²) >= 11 is 0. The maximum Gasteiger partial charge on any atom is 0.331 e. The number of nitrogen functional groups attached to an aromatic ring is 1. The molecule has 0 aliphatic carbocycles. The minimum Gasteiger partial charge on any atom is -0.496 e. The van der Waals surface area contributed by atoms with Gasteiger partial charge in [-0.2, -0.15) is 4.98 Å². The van der Waals surface area contributed by atoms with E-state index in [0.717, 1.165) is 48.0 Å². The van der Waals surface area contributed by atoms with Crippen LogP contribution in [0.25, 0.3) is 17.1 Å². The summed E-state index contributed by atoms with van der Waals surface area (Å²) in [6.07, 6.45) is 8.22. The fraction of sp³-hybridized carbons (Fsp3) is 0.429. The van der Waals surface area contributed by atoms with Crippen LogP contribution in [0, 0.1) is 0 Å². The summed E-state index contributed by atoms with van der Waals surface area (Å²) in [5.41, 5.74) is 9.26. The van der Waals surface area contributed by atoms with Crippen molar-refractivity contribution in [1.29, 1.82) is 0 Å². The first-order valence-electron chi connectivity index (χ1n) is 13.2. The first-order valence-corrected chi connectivity index (χ1v) is 13.2. The third kappa shape index (κ3) is 7.47. The Kier molecular flexibility index (Phi) is 9.74. The second-order valence-corrected chi connectivity index (χ2v) is 9.25. The van der Waals surface area contributed by atoms with E-state index in [-0.39, 0.29) is 18.5 Å². The number of carbonyl (C=O) groups is 2. The third-order valence-electron chi connectivity index (χ3n) is 6.46. The first kappa shape index (κ1) is 27.9. The molecule has 2 aromatic heterocycles. The summed E-state index contributed by atoms with van der Waals surface area (Å²) in [6.45, 7) is 5.16. The average molecular weight is 537 g/mol. The Morgan fingerprint density at radius 3 is 2.77 bits per heavy atom. The minimum atomic E-state index is -0.584. The molecule has 1 aromatic carbocycles. The molecule has 208 valence electrons. The quantitative estimate of drug-likeness (QED) is 0.203. The van der Waals surface area contributed by atoms with Gasteiger partial charge >= 0.3 is 5.97 Å². The average Bonchev–Trinajstić information content (AvgIpc) is 3.35. The van der Waals surface area contributed by atoms with Crippen molar-refractivity contribution in [3.63, 3.8) is 0 Å². The van der Waals surface area contributed by atoms with Crippen LogP contribution in [0.1, 0.15) is 37.3 Å². The molecule has 3 heterocycles. The highest BCUT2D eigenvalue weighted by Gasteiger charge is 2.18. The number of nitrogens with one attached hydrogen (secondary N) is 1. The molecule has 0 saturated carbocycles. The number of fused-ring (bicyclic) bond motifs is 1. The summed E-state index contributed by atoms with van der Waals surface area (Å²) in [6, 6.07) is 7.56. The molecule has 1 fully saturated rings. The number of unbranched alkanes of at least 4 members (excludes halogenated alkanes) is 2. The molecule has 0 bridgehead atoms. The van der Waals surface area contributed by atoms with Crippen molar-refractivity contribution < 1.29 is 23.8 Å². The smallest absolute Gasteiger partial charge is 0.331 e. The lowest BCUT2D eigenvalue weighted by Crippen LogP contribution is -2.42. The molecule has 0 unspecified atom stereocenters. The Balaban J connectivity index is 1.46. The monoisotopic (exact) mass is 536 g/mol. The van der Waals surface area contributed by atoms with Crippen molar-refractivity contribution >= 4 is 40.8 Å². The molecule has 1 aliphatic rings. The van der Waals surface area contributed by atoms with Crippen LogP contribution < -0.4 is 15.8 Å². The Bertz CT molecular complexity index is 1320. The zero-order valence-corrected chi connectivity index (χ0v) is 22.5. The van der Waals surface area contributed by atoms with E-state index in [1.165, 1.54) is 6.08 Å². The van der Waals surface area contributed by atoms with E-state index >= 15 is 0 Å². The zero-order valence-electron chi connectivity index (χ0n) is 22.5. The molecule has 0 atom stereocenters. The van der Waals surface area contributed by atoms with E-state index in [0.29, 0.717) is 44.4 Å². The number of amides is 1. The Labute approximate surface area is 227 Å². The zero-order chi connectivity index (χ0) is 27.6. The number of hydrogen-bond acceptors (Lipinski definition) is 9. The molecular weight excluding hydrogens is 500 g/mol. The molecule has 3 N–H and O–H groups in total. The lowest BCUT2D eigenvalue weighted by atomic mass is 10.1. The van der Waals surface area contributed by atoms with Gasteiger partial charge in [0.15, 0.2) is 12.4 Å². The maximum atomic E-state index is 12.2. The molecular formula is C28H36N6O5. The SMILES string of the molecule is CCCCCNc1nc(N)nc2ccn(Cc3cc(/C=C/C(=O)OCC(=O)N4CCOCC4)ccc3OC)c12. The molecule has 1 saturated heterocycles. The van der Waals surface area contributed by atoms with Gasteiger partial charge in [0, 0.05) is 37.5 Å². The van der Waals surface area contributed by atoms with Crippen molar-refractivity contribution in [3.8, 4) is 5.75 Å². The lowest BCUT2D eigenvalue weighted by molar-refractivity contribution is -0.150. The van der Waals surface area contributed by atoms with Crippen molar-refractivity contribution in [1.82, 2.24) is 19.4 Å². The van der Waals surface area contributed by atoms with Crippen LogP contribution in [-0.4, -0.2) is 77.9 Å². The van der Waals surface area contributed by atoms with Gasteiger partial charge in [-0.1, -0.05) is 25.8 Å². The number of esters is 1. The van der Waals surface area contributed by atoms with Gasteiger partial charge in [-0.15, -0.1) is 0 Å². The topological polar surface area (TPSA) is 134 Å². The van der Waals surface area contributed by atoms with Gasteiger partial charge in [-0.25, -0.2) is 9.78 Å². The molecule has 3 aromatic rings. The van der Waals surface area contributed by atoms with E-state index in [1.807, 2.05) is 35.0 Å². The van der Waals surface area contributed by atoms with E-state index in [2.05, 4.69) is 22.2 Å². The van der Waals surface area contributed by atoms with Gasteiger partial charge in [0.2, 0.25) is 5.95 Å². The van der Waals surface area contributed by atoms with Gasteiger partial charge in [-0.05, 0) is 36.3 Å². The highest BCUT2D eigenvalue weighted by atomic mass is 16.5. The lowest BCUT2D eigenvalue weighted by Gasteiger charge is -2.26. The van der Waals surface area contributed by atoms with Gasteiger partial charge < -0.3 is 34.7 Å². The number of morpholine rings is 1. The highest BCUT2D eigenvalue weighted by molar-refractivity contribution is 5.89. The Morgan fingerprint density at radius 2 is 2.00 bits per heavy atom. The number of nitrogens with zero attached hydrogens (tertiary/aromatic N) is 4. The largest absolute Gasteiger partial charge is 0.496 e. The van der Waals surface area contributed by atoms with Crippen molar-refractivity contribution in [2.45, 2.75) is 32.7 Å². The Hall–Kier alpha value is -4.12. The predicted molar refractivity (Wildman–Crippen MR) is 149 cm³/mol. The number of carbonyl (C=O) groups excluding carboxylic acids is 2. The molecule has 11 nitrogen and oxygen atoms in total. The van der Waals surface area contributed by atoms with Gasteiger partial charge in [-0.3, -0.25) is 4.79 Å². The molecule has 4 rings (SSSR count). The van der Waals surface area contributed by atoms with Crippen LogP contribution in [-0.2, 0) is 25.6 Å². The second kappa shape index (κ2) is 13.6. The molecule has 1 aliphatic heterocycles. The number of aromatic nitrogens is 3. The maximum absolute atomic E-state index is 12.2. The standard InChI is InChI=1S/C28H36N6O5/c1-3-4-5-11-30-27-26-22(31-28(29)32-27)10-12-34(26)18-21-17-20(6-8-23(21)37-2)7-9-25(36)39-19-24(35)33-13-15-38-16-14-33/h6-10,12,17H,3-5,11,13-16,18-19H2,1-2H3,(H3,29,30,31,32)/b9-7+. The summed E-state index contributed by atoms with van der Waals surface area (Å²) in [4.78, 5) is 34.9. The highest BCUT2D eigenvalue weighted by Crippen LogP contribution is 2.27. The van der Waals surface area contributed by atoms with Gasteiger partial charge in [0.1, 0.15) is 11.3 Å². The fourth-order valence-corrected chi connectivity index (χ4v) is 4.42. The first-order chi connectivity index (χ1) is 19.0. The molecule has 1 amide bonds. The summed E-state index contributed by atoms with van der Waals surface area (Å²) < 4.78 is 18.0. The molecule has 39 heavy (non-hydrogen) atoms. The van der Waals surface area contributed by atoms with E-state index in [4.69, 9.17) is 19.9 Å². The van der Waals surface area contributed by atoms with Gasteiger partial charge in [0.25, 0.3) is 5.91 Å². The molecule has 0 radical (unpaired) electrons. The van der Waals surface area contributed by atoms with Gasteiger partial charge in [0.05, 0.1) is 32.4 Å². The van der Waals surface area contributed by atoms with E-state index < -0.39 is 5.97 Å². The van der Waals surface area contributed by atoms with E-state index in [9.17, 15) is 9.59 Å². The van der Waals surface area contributed by atoms with Crippen molar-refractivity contribution in [3.05, 3.63) is 47.7 Å². The number of anilines is 2. The molecule has 11 heteroatoms. The van der Waals surface area contributed by atoms with Crippen LogP contribution >= 0.6 is 0 Å². The predicted octanol–water partition coefficient (Wildman–Crippen LogP) is 3.09. The van der Waals surface area contributed by atoms with Crippen molar-refractivity contribution in [2.24, 2.45) is 0 Å². The number of hydrogen-bond donors (Lipinski definition) is 2. The number of ether oxygens (including phenoxy) is 3. The molecule has 0 spiro atoms. The number of nitrogens with two attached hydrogens (primary N) is 1.